The first kappa shape index (κ1) is 9.15. The molecule has 0 saturated heterocycles. The van der Waals surface area contributed by atoms with E-state index < -0.39 is 0 Å². The molecular weight excluding hydrogens is 196 g/mol. The summed E-state index contributed by atoms with van der Waals surface area (Å²) in [5, 5.41) is 3.12. The molecule has 1 N–H and O–H groups in total. The van der Waals surface area contributed by atoms with Crippen LogP contribution in [0, 0.1) is 0 Å². The third kappa shape index (κ3) is 1.61. The standard InChI is InChI=1S/C10H10N2OS/c13-7-12-6-5-10(14)11-8-3-1-2-4-9(8)12/h1-4,7H,5-6H2,(H,11,14). The van der Waals surface area contributed by atoms with Gasteiger partial charge in [-0.1, -0.05) is 24.4 Å². The van der Waals surface area contributed by atoms with Crippen molar-refractivity contribution in [3.63, 3.8) is 0 Å². The molecule has 1 aliphatic rings. The molecule has 0 aliphatic carbocycles. The van der Waals surface area contributed by atoms with Crippen molar-refractivity contribution in [2.24, 2.45) is 0 Å². The van der Waals surface area contributed by atoms with E-state index in [4.69, 9.17) is 12.2 Å². The van der Waals surface area contributed by atoms with Gasteiger partial charge in [0.05, 0.1) is 16.4 Å². The van der Waals surface area contributed by atoms with Crippen LogP contribution in [0.5, 0.6) is 0 Å². The van der Waals surface area contributed by atoms with Crippen molar-refractivity contribution in [1.29, 1.82) is 0 Å². The molecule has 0 aromatic heterocycles. The molecule has 0 atom stereocenters. The van der Waals surface area contributed by atoms with Crippen LogP contribution in [-0.4, -0.2) is 17.9 Å². The summed E-state index contributed by atoms with van der Waals surface area (Å²) in [6.45, 7) is 0.645. The molecule has 2 rings (SSSR count). The average molecular weight is 206 g/mol. The minimum atomic E-state index is 0.645. The number of benzene rings is 1. The van der Waals surface area contributed by atoms with Gasteiger partial charge in [0.25, 0.3) is 0 Å². The van der Waals surface area contributed by atoms with Gasteiger partial charge < -0.3 is 10.2 Å². The number of carbonyl (C=O) groups excluding carboxylic acids is 1. The Balaban J connectivity index is 2.45. The summed E-state index contributed by atoms with van der Waals surface area (Å²) in [6, 6.07) is 7.66. The summed E-state index contributed by atoms with van der Waals surface area (Å²) in [4.78, 5) is 13.3. The fourth-order valence-electron chi connectivity index (χ4n) is 1.49. The summed E-state index contributed by atoms with van der Waals surface area (Å²) >= 11 is 5.12. The number of nitrogens with zero attached hydrogens (tertiary/aromatic N) is 1. The van der Waals surface area contributed by atoms with Crippen molar-refractivity contribution < 1.29 is 4.79 Å². The lowest BCUT2D eigenvalue weighted by atomic mass is 10.2. The summed E-state index contributed by atoms with van der Waals surface area (Å²) < 4.78 is 0. The maximum absolute atomic E-state index is 10.8. The lowest BCUT2D eigenvalue weighted by Crippen LogP contribution is -2.21. The summed E-state index contributed by atoms with van der Waals surface area (Å²) in [6.07, 6.45) is 1.55. The van der Waals surface area contributed by atoms with Crippen LogP contribution < -0.4 is 10.2 Å². The van der Waals surface area contributed by atoms with Crippen molar-refractivity contribution in [3.8, 4) is 0 Å². The average Bonchev–Trinajstić information content (AvgIpc) is 2.36. The van der Waals surface area contributed by atoms with Gasteiger partial charge in [0.15, 0.2) is 0 Å². The molecule has 0 fully saturated rings. The zero-order chi connectivity index (χ0) is 9.97. The van der Waals surface area contributed by atoms with Crippen LogP contribution in [0.15, 0.2) is 24.3 Å². The molecule has 72 valence electrons. The third-order valence-electron chi connectivity index (χ3n) is 2.19. The molecule has 4 heteroatoms. The fourth-order valence-corrected chi connectivity index (χ4v) is 1.70. The van der Waals surface area contributed by atoms with E-state index in [-0.39, 0.29) is 0 Å². The molecule has 0 radical (unpaired) electrons. The Bertz CT molecular complexity index is 378. The lowest BCUT2D eigenvalue weighted by molar-refractivity contribution is -0.107. The van der Waals surface area contributed by atoms with Gasteiger partial charge in [0, 0.05) is 13.0 Å². The van der Waals surface area contributed by atoms with E-state index >= 15 is 0 Å². The summed E-state index contributed by atoms with van der Waals surface area (Å²) in [5.74, 6) is 0. The maximum Gasteiger partial charge on any atom is 0.214 e. The molecule has 3 nitrogen and oxygen atoms in total. The number of nitrogens with one attached hydrogen (secondary N) is 1. The zero-order valence-electron chi connectivity index (χ0n) is 7.56. The van der Waals surface area contributed by atoms with E-state index in [0.29, 0.717) is 13.0 Å². The molecule has 1 aromatic rings. The summed E-state index contributed by atoms with van der Waals surface area (Å²) in [7, 11) is 0. The fraction of sp³-hybridized carbons (Fsp3) is 0.200. The monoisotopic (exact) mass is 206 g/mol. The predicted octanol–water partition coefficient (Wildman–Crippen LogP) is 1.79. The van der Waals surface area contributed by atoms with Gasteiger partial charge in [-0.25, -0.2) is 0 Å². The first-order valence-corrected chi connectivity index (χ1v) is 4.83. The number of thiocarbonyl (C=S) groups is 1. The number of fused-ring (bicyclic) bond motifs is 1. The van der Waals surface area contributed by atoms with Crippen LogP contribution >= 0.6 is 12.2 Å². The molecule has 0 bridgehead atoms. The molecule has 1 aliphatic heterocycles. The quantitative estimate of drug-likeness (QED) is 0.561. The highest BCUT2D eigenvalue weighted by Crippen LogP contribution is 2.27. The number of para-hydroxylation sites is 2. The van der Waals surface area contributed by atoms with E-state index in [1.165, 1.54) is 0 Å². The number of rotatable bonds is 1. The Labute approximate surface area is 87.7 Å². The van der Waals surface area contributed by atoms with E-state index in [2.05, 4.69) is 5.32 Å². The highest BCUT2D eigenvalue weighted by Gasteiger charge is 2.15. The number of anilines is 2. The van der Waals surface area contributed by atoms with Crippen LogP contribution in [0.1, 0.15) is 6.42 Å². The summed E-state index contributed by atoms with van der Waals surface area (Å²) in [5.41, 5.74) is 1.80. The van der Waals surface area contributed by atoms with Crippen molar-refractivity contribution in [2.75, 3.05) is 16.8 Å². The molecule has 14 heavy (non-hydrogen) atoms. The van der Waals surface area contributed by atoms with Crippen LogP contribution in [0.2, 0.25) is 0 Å². The van der Waals surface area contributed by atoms with Gasteiger partial charge >= 0.3 is 0 Å². The van der Waals surface area contributed by atoms with Crippen LogP contribution in [0.3, 0.4) is 0 Å². The second kappa shape index (κ2) is 3.75. The van der Waals surface area contributed by atoms with Crippen molar-refractivity contribution >= 4 is 35.0 Å². The van der Waals surface area contributed by atoms with Gasteiger partial charge in [-0.15, -0.1) is 0 Å². The van der Waals surface area contributed by atoms with Gasteiger partial charge in [0.1, 0.15) is 0 Å². The van der Waals surface area contributed by atoms with Gasteiger partial charge in [-0.3, -0.25) is 4.79 Å². The largest absolute Gasteiger partial charge is 0.348 e. The molecular formula is C10H10N2OS. The van der Waals surface area contributed by atoms with Crippen LogP contribution in [0.25, 0.3) is 0 Å². The minimum Gasteiger partial charge on any atom is -0.348 e. The molecule has 1 aromatic carbocycles. The molecule has 0 unspecified atom stereocenters. The Morgan fingerprint density at radius 3 is 3.00 bits per heavy atom. The second-order valence-corrected chi connectivity index (χ2v) is 3.61. The topological polar surface area (TPSA) is 32.3 Å². The van der Waals surface area contributed by atoms with E-state index in [1.54, 1.807) is 4.90 Å². The number of amides is 1. The first-order chi connectivity index (χ1) is 6.81. The van der Waals surface area contributed by atoms with Crippen molar-refractivity contribution in [1.82, 2.24) is 0 Å². The Morgan fingerprint density at radius 2 is 2.21 bits per heavy atom. The second-order valence-electron chi connectivity index (χ2n) is 3.11. The number of carbonyl (C=O) groups is 1. The highest BCUT2D eigenvalue weighted by atomic mass is 32.1. The number of hydrogen-bond donors (Lipinski definition) is 1. The molecule has 1 heterocycles. The zero-order valence-corrected chi connectivity index (χ0v) is 8.38. The van der Waals surface area contributed by atoms with Gasteiger partial charge in [0.2, 0.25) is 6.41 Å². The van der Waals surface area contributed by atoms with Crippen LogP contribution in [0.4, 0.5) is 11.4 Å². The molecule has 1 amide bonds. The predicted molar refractivity (Wildman–Crippen MR) is 60.7 cm³/mol. The first-order valence-electron chi connectivity index (χ1n) is 4.42. The SMILES string of the molecule is O=CN1CCC(=S)Nc2ccccc21. The normalized spacial score (nSPS) is 15.4. The van der Waals surface area contributed by atoms with Crippen molar-refractivity contribution in [2.45, 2.75) is 6.42 Å². The van der Waals surface area contributed by atoms with E-state index in [9.17, 15) is 4.79 Å². The van der Waals surface area contributed by atoms with Crippen LogP contribution in [-0.2, 0) is 4.79 Å². The van der Waals surface area contributed by atoms with Gasteiger partial charge in [-0.2, -0.15) is 0 Å². The molecule has 0 spiro atoms. The van der Waals surface area contributed by atoms with E-state index in [0.717, 1.165) is 22.8 Å². The van der Waals surface area contributed by atoms with Gasteiger partial charge in [-0.05, 0) is 12.1 Å². The van der Waals surface area contributed by atoms with Crippen molar-refractivity contribution in [3.05, 3.63) is 24.3 Å². The lowest BCUT2D eigenvalue weighted by Gasteiger charge is -2.15. The maximum atomic E-state index is 10.8. The number of hydrogen-bond acceptors (Lipinski definition) is 2. The minimum absolute atomic E-state index is 0.645. The third-order valence-corrected chi connectivity index (χ3v) is 2.50. The Morgan fingerprint density at radius 1 is 1.43 bits per heavy atom. The smallest absolute Gasteiger partial charge is 0.214 e. The molecule has 0 saturated carbocycles. The van der Waals surface area contributed by atoms with E-state index in [1.807, 2.05) is 24.3 Å². The highest BCUT2D eigenvalue weighted by molar-refractivity contribution is 7.80. The Kier molecular flexibility index (Phi) is 2.45. The Hall–Kier alpha value is -1.42.